The summed E-state index contributed by atoms with van der Waals surface area (Å²) >= 11 is 0. The lowest BCUT2D eigenvalue weighted by Crippen LogP contribution is -2.43. The highest BCUT2D eigenvalue weighted by Crippen LogP contribution is 2.34. The Bertz CT molecular complexity index is 1300. The molecule has 0 radical (unpaired) electrons. The summed E-state index contributed by atoms with van der Waals surface area (Å²) in [7, 11) is 0. The van der Waals surface area contributed by atoms with Crippen LogP contribution in [-0.2, 0) is 28.5 Å². The van der Waals surface area contributed by atoms with Crippen molar-refractivity contribution in [3.05, 3.63) is 89.5 Å². The Labute approximate surface area is 226 Å². The molecule has 0 heterocycles. The van der Waals surface area contributed by atoms with Crippen LogP contribution in [0.25, 0.3) is 0 Å². The molecule has 0 aliphatic rings. The van der Waals surface area contributed by atoms with Crippen molar-refractivity contribution < 1.29 is 32.2 Å². The number of carbonyl (C=O) groups excluding carboxylic acids is 2. The molecule has 0 aliphatic carbocycles. The first-order valence-electron chi connectivity index (χ1n) is 12.5. The number of halogens is 3. The van der Waals surface area contributed by atoms with Crippen molar-refractivity contribution in [1.29, 1.82) is 0 Å². The number of para-hydroxylation sites is 1. The second kappa shape index (κ2) is 11.8. The highest BCUT2D eigenvalue weighted by molar-refractivity contribution is 6.00. The Hall–Kier alpha value is -4.01. The molecule has 3 aromatic carbocycles. The molecule has 0 spiro atoms. The SMILES string of the molecule is CC(C)(C)OC(=O)C(C)(C)Oc1ccc(CCc2cccc(NC(=O)Nc3ccccc3C(F)(F)F)c2)cc1. The third kappa shape index (κ3) is 9.05. The van der Waals surface area contributed by atoms with Crippen molar-refractivity contribution in [3.63, 3.8) is 0 Å². The van der Waals surface area contributed by atoms with Gasteiger partial charge in [-0.15, -0.1) is 0 Å². The van der Waals surface area contributed by atoms with E-state index in [2.05, 4.69) is 10.6 Å². The Balaban J connectivity index is 1.56. The first-order chi connectivity index (χ1) is 18.1. The molecule has 3 rings (SSSR count). The van der Waals surface area contributed by atoms with Crippen LogP contribution in [0.15, 0.2) is 72.8 Å². The van der Waals surface area contributed by atoms with Crippen molar-refractivity contribution in [2.75, 3.05) is 10.6 Å². The summed E-state index contributed by atoms with van der Waals surface area (Å²) in [5.74, 6) is 0.0877. The molecular formula is C30H33F3N2O4. The van der Waals surface area contributed by atoms with Gasteiger partial charge in [0, 0.05) is 5.69 Å². The zero-order chi connectivity index (χ0) is 28.8. The number of anilines is 2. The molecule has 9 heteroatoms. The predicted octanol–water partition coefficient (Wildman–Crippen LogP) is 7.63. The molecule has 2 N–H and O–H groups in total. The fourth-order valence-electron chi connectivity index (χ4n) is 3.68. The van der Waals surface area contributed by atoms with Gasteiger partial charge in [-0.05, 0) is 95.0 Å². The van der Waals surface area contributed by atoms with E-state index in [4.69, 9.17) is 9.47 Å². The Morgan fingerprint density at radius 3 is 2.05 bits per heavy atom. The van der Waals surface area contributed by atoms with Gasteiger partial charge in [-0.2, -0.15) is 13.2 Å². The molecule has 0 aromatic heterocycles. The van der Waals surface area contributed by atoms with Crippen LogP contribution < -0.4 is 15.4 Å². The molecule has 3 aromatic rings. The zero-order valence-corrected chi connectivity index (χ0v) is 22.6. The number of amides is 2. The second-order valence-electron chi connectivity index (χ2n) is 10.6. The lowest BCUT2D eigenvalue weighted by atomic mass is 10.0. The molecule has 0 unspecified atom stereocenters. The molecular weight excluding hydrogens is 509 g/mol. The van der Waals surface area contributed by atoms with Gasteiger partial charge in [0.2, 0.25) is 0 Å². The van der Waals surface area contributed by atoms with E-state index in [1.54, 1.807) is 65.0 Å². The van der Waals surface area contributed by atoms with Crippen LogP contribution in [0.3, 0.4) is 0 Å². The third-order valence-electron chi connectivity index (χ3n) is 5.55. The van der Waals surface area contributed by atoms with Gasteiger partial charge in [-0.3, -0.25) is 0 Å². The number of alkyl halides is 3. The average Bonchev–Trinajstić information content (AvgIpc) is 2.82. The molecule has 0 aliphatic heterocycles. The first kappa shape index (κ1) is 29.5. The van der Waals surface area contributed by atoms with Crippen LogP contribution in [-0.4, -0.2) is 23.2 Å². The predicted molar refractivity (Wildman–Crippen MR) is 145 cm³/mol. The molecule has 6 nitrogen and oxygen atoms in total. The number of ether oxygens (including phenoxy) is 2. The summed E-state index contributed by atoms with van der Waals surface area (Å²) in [6.45, 7) is 8.72. The van der Waals surface area contributed by atoms with Crippen molar-refractivity contribution >= 4 is 23.4 Å². The Morgan fingerprint density at radius 1 is 0.769 bits per heavy atom. The van der Waals surface area contributed by atoms with Crippen molar-refractivity contribution in [2.24, 2.45) is 0 Å². The van der Waals surface area contributed by atoms with E-state index in [1.807, 2.05) is 18.2 Å². The highest BCUT2D eigenvalue weighted by Gasteiger charge is 2.35. The van der Waals surface area contributed by atoms with Crippen molar-refractivity contribution in [1.82, 2.24) is 0 Å². The summed E-state index contributed by atoms with van der Waals surface area (Å²) < 4.78 is 50.9. The van der Waals surface area contributed by atoms with Gasteiger partial charge in [0.25, 0.3) is 0 Å². The largest absolute Gasteiger partial charge is 0.476 e. The summed E-state index contributed by atoms with van der Waals surface area (Å²) in [5.41, 5.74) is -0.561. The van der Waals surface area contributed by atoms with E-state index in [1.165, 1.54) is 18.2 Å². The average molecular weight is 543 g/mol. The minimum atomic E-state index is -4.58. The standard InChI is InChI=1S/C30H33F3N2O4/c1-28(2,3)39-26(36)29(4,5)38-23-17-15-20(16-18-23)13-14-21-9-8-10-22(19-21)34-27(37)35-25-12-7-6-11-24(25)30(31,32)33/h6-12,15-19H,13-14H2,1-5H3,(H2,34,35,37). The van der Waals surface area contributed by atoms with Gasteiger partial charge >= 0.3 is 18.2 Å². The maximum atomic E-state index is 13.2. The van der Waals surface area contributed by atoms with Crippen molar-refractivity contribution in [3.8, 4) is 5.75 Å². The fraction of sp³-hybridized carbons (Fsp3) is 0.333. The number of urea groups is 1. The van der Waals surface area contributed by atoms with E-state index >= 15 is 0 Å². The van der Waals surface area contributed by atoms with Gasteiger partial charge in [-0.25, -0.2) is 9.59 Å². The molecule has 208 valence electrons. The summed E-state index contributed by atoms with van der Waals surface area (Å²) in [4.78, 5) is 24.8. The number of hydrogen-bond acceptors (Lipinski definition) is 4. The van der Waals surface area contributed by atoms with Gasteiger partial charge in [0.05, 0.1) is 11.3 Å². The number of aryl methyl sites for hydroxylation is 2. The molecule has 39 heavy (non-hydrogen) atoms. The van der Waals surface area contributed by atoms with Crippen LogP contribution in [0, 0.1) is 0 Å². The summed E-state index contributed by atoms with van der Waals surface area (Å²) in [6, 6.07) is 18.6. The van der Waals surface area contributed by atoms with Gasteiger partial charge in [0.1, 0.15) is 11.4 Å². The smallest absolute Gasteiger partial charge is 0.418 e. The highest BCUT2D eigenvalue weighted by atomic mass is 19.4. The molecule has 0 fully saturated rings. The monoisotopic (exact) mass is 542 g/mol. The number of nitrogens with one attached hydrogen (secondary N) is 2. The third-order valence-corrected chi connectivity index (χ3v) is 5.55. The van der Waals surface area contributed by atoms with E-state index in [-0.39, 0.29) is 5.69 Å². The van der Waals surface area contributed by atoms with E-state index in [0.29, 0.717) is 24.3 Å². The lowest BCUT2D eigenvalue weighted by molar-refractivity contribution is -0.170. The fourth-order valence-corrected chi connectivity index (χ4v) is 3.68. The molecule has 0 saturated heterocycles. The number of carbonyl (C=O) groups is 2. The van der Waals surface area contributed by atoms with E-state index < -0.39 is 34.9 Å². The first-order valence-corrected chi connectivity index (χ1v) is 12.5. The molecule has 0 saturated carbocycles. The Morgan fingerprint density at radius 2 is 1.41 bits per heavy atom. The summed E-state index contributed by atoms with van der Waals surface area (Å²) in [6.07, 6.45) is -3.22. The van der Waals surface area contributed by atoms with E-state index in [9.17, 15) is 22.8 Å². The molecule has 0 atom stereocenters. The quantitative estimate of drug-likeness (QED) is 0.287. The van der Waals surface area contributed by atoms with Crippen LogP contribution >= 0.6 is 0 Å². The zero-order valence-electron chi connectivity index (χ0n) is 22.6. The molecule has 0 bridgehead atoms. The lowest BCUT2D eigenvalue weighted by Gasteiger charge is -2.29. The maximum Gasteiger partial charge on any atom is 0.418 e. The second-order valence-corrected chi connectivity index (χ2v) is 10.6. The summed E-state index contributed by atoms with van der Waals surface area (Å²) in [5, 5.41) is 4.86. The van der Waals surface area contributed by atoms with Gasteiger partial charge < -0.3 is 20.1 Å². The van der Waals surface area contributed by atoms with Crippen LogP contribution in [0.1, 0.15) is 51.3 Å². The van der Waals surface area contributed by atoms with E-state index in [0.717, 1.165) is 17.2 Å². The van der Waals surface area contributed by atoms with Gasteiger partial charge in [0.15, 0.2) is 5.60 Å². The maximum absolute atomic E-state index is 13.2. The van der Waals surface area contributed by atoms with Crippen LogP contribution in [0.4, 0.5) is 29.3 Å². The number of hydrogen-bond donors (Lipinski definition) is 2. The number of rotatable bonds is 8. The van der Waals surface area contributed by atoms with Crippen LogP contribution in [0.2, 0.25) is 0 Å². The topological polar surface area (TPSA) is 76.7 Å². The Kier molecular flexibility index (Phi) is 8.94. The van der Waals surface area contributed by atoms with Gasteiger partial charge in [-0.1, -0.05) is 36.4 Å². The minimum Gasteiger partial charge on any atom is -0.476 e. The molecule has 2 amide bonds. The van der Waals surface area contributed by atoms with Crippen molar-refractivity contribution in [2.45, 2.75) is 64.8 Å². The number of benzene rings is 3. The minimum absolute atomic E-state index is 0.319. The van der Waals surface area contributed by atoms with Crippen LogP contribution in [0.5, 0.6) is 5.75 Å². The number of esters is 1. The normalized spacial score (nSPS) is 12.0.